The highest BCUT2D eigenvalue weighted by atomic mass is 16.6. The third kappa shape index (κ3) is 12.9. The lowest BCUT2D eigenvalue weighted by molar-refractivity contribution is -0.145. The molecule has 0 fully saturated rings. The number of esters is 1. The Morgan fingerprint density at radius 1 is 1.05 bits per heavy atom. The van der Waals surface area contributed by atoms with Gasteiger partial charge in [-0.25, -0.2) is 4.79 Å². The highest BCUT2D eigenvalue weighted by Gasteiger charge is 2.37. The van der Waals surface area contributed by atoms with Gasteiger partial charge in [0.2, 0.25) is 17.7 Å². The van der Waals surface area contributed by atoms with Gasteiger partial charge in [-0.2, -0.15) is 0 Å². The number of carbonyl (C=O) groups excluding carboxylic acids is 5. The number of aryl methyl sites for hydroxylation is 1. The summed E-state index contributed by atoms with van der Waals surface area (Å²) in [5.41, 5.74) is 5.37. The number of phenols is 1. The van der Waals surface area contributed by atoms with Crippen LogP contribution >= 0.6 is 0 Å². The lowest BCUT2D eigenvalue weighted by Crippen LogP contribution is -2.54. The molecule has 0 aromatic heterocycles. The Balaban J connectivity index is 3.52. The maximum Gasteiger partial charge on any atom is 0.408 e. The molecule has 0 bridgehead atoms. The minimum Gasteiger partial charge on any atom is -0.508 e. The van der Waals surface area contributed by atoms with Gasteiger partial charge in [0.05, 0.1) is 13.5 Å². The van der Waals surface area contributed by atoms with E-state index in [0.717, 1.165) is 32.1 Å². The van der Waals surface area contributed by atoms with Crippen molar-refractivity contribution in [3.63, 3.8) is 0 Å². The number of aromatic hydroxyl groups is 1. The first-order valence-corrected chi connectivity index (χ1v) is 13.9. The standard InChI is InChI=1S/C29H46N4O8/c1-7-8-9-10-11-12-15-33(27(38)21(17-23(30)35)32-28(39)41-29(3,4)5)25(26(37)31-18-24(36)40-6)20-13-14-22(34)19(2)16-20/h13-14,16,21,25,34H,7-12,15,17-18H2,1-6H3,(H2,30,35)(H,31,37)(H,32,39). The summed E-state index contributed by atoms with van der Waals surface area (Å²) in [6, 6.07) is 1.77. The van der Waals surface area contributed by atoms with E-state index < -0.39 is 60.4 Å². The van der Waals surface area contributed by atoms with E-state index in [2.05, 4.69) is 22.3 Å². The van der Waals surface area contributed by atoms with Crippen LogP contribution in [-0.2, 0) is 28.7 Å². The Morgan fingerprint density at radius 2 is 1.68 bits per heavy atom. The van der Waals surface area contributed by atoms with Crippen LogP contribution in [0.3, 0.4) is 0 Å². The molecule has 0 aliphatic rings. The summed E-state index contributed by atoms with van der Waals surface area (Å²) in [4.78, 5) is 65.2. The highest BCUT2D eigenvalue weighted by Crippen LogP contribution is 2.28. The molecule has 0 aliphatic carbocycles. The quantitative estimate of drug-likeness (QED) is 0.171. The van der Waals surface area contributed by atoms with Crippen molar-refractivity contribution < 1.29 is 38.6 Å². The van der Waals surface area contributed by atoms with Gasteiger partial charge in [0, 0.05) is 6.54 Å². The van der Waals surface area contributed by atoms with E-state index in [0.29, 0.717) is 17.5 Å². The van der Waals surface area contributed by atoms with Crippen LogP contribution in [0.1, 0.15) is 89.8 Å². The number of nitrogens with one attached hydrogen (secondary N) is 2. The first-order valence-electron chi connectivity index (χ1n) is 13.9. The number of rotatable bonds is 16. The van der Waals surface area contributed by atoms with Crippen LogP contribution < -0.4 is 16.4 Å². The van der Waals surface area contributed by atoms with Crippen LogP contribution in [0.15, 0.2) is 18.2 Å². The average molecular weight is 579 g/mol. The number of hydrogen-bond donors (Lipinski definition) is 4. The first-order chi connectivity index (χ1) is 19.2. The molecule has 0 saturated carbocycles. The van der Waals surface area contributed by atoms with E-state index in [-0.39, 0.29) is 12.3 Å². The molecule has 0 heterocycles. The SMILES string of the molecule is CCCCCCCCN(C(=O)C(CC(N)=O)NC(=O)OC(C)(C)C)C(C(=O)NCC(=O)OC)c1ccc(O)c(C)c1. The predicted octanol–water partition coefficient (Wildman–Crippen LogP) is 2.99. The van der Waals surface area contributed by atoms with Gasteiger partial charge < -0.3 is 35.8 Å². The maximum atomic E-state index is 14.0. The fraction of sp³-hybridized carbons (Fsp3) is 0.621. The fourth-order valence-electron chi connectivity index (χ4n) is 4.13. The van der Waals surface area contributed by atoms with E-state index in [9.17, 15) is 29.1 Å². The van der Waals surface area contributed by atoms with Crippen molar-refractivity contribution in [2.45, 2.75) is 97.2 Å². The predicted molar refractivity (Wildman–Crippen MR) is 153 cm³/mol. The summed E-state index contributed by atoms with van der Waals surface area (Å²) in [6.45, 7) is 8.36. The molecule has 1 rings (SSSR count). The van der Waals surface area contributed by atoms with Crippen LogP contribution in [-0.4, -0.2) is 71.6 Å². The Labute approximate surface area is 242 Å². The largest absolute Gasteiger partial charge is 0.508 e. The molecule has 1 aromatic rings. The number of methoxy groups -OCH3 is 1. The highest BCUT2D eigenvalue weighted by molar-refractivity contribution is 5.95. The summed E-state index contributed by atoms with van der Waals surface area (Å²) < 4.78 is 9.91. The monoisotopic (exact) mass is 578 g/mol. The van der Waals surface area contributed by atoms with Crippen LogP contribution in [0.2, 0.25) is 0 Å². The molecular formula is C29H46N4O8. The molecule has 12 nitrogen and oxygen atoms in total. The number of benzene rings is 1. The molecule has 230 valence electrons. The molecule has 41 heavy (non-hydrogen) atoms. The molecule has 2 atom stereocenters. The number of nitrogens with zero attached hydrogens (tertiary/aromatic N) is 1. The third-order valence-corrected chi connectivity index (χ3v) is 6.16. The van der Waals surface area contributed by atoms with Gasteiger partial charge in [-0.15, -0.1) is 0 Å². The number of amides is 4. The van der Waals surface area contributed by atoms with Crippen molar-refractivity contribution in [3.8, 4) is 5.75 Å². The molecule has 4 amide bonds. The number of carbonyl (C=O) groups is 5. The van der Waals surface area contributed by atoms with Gasteiger partial charge in [0.15, 0.2) is 0 Å². The first kappa shape index (κ1) is 35.2. The van der Waals surface area contributed by atoms with Gasteiger partial charge in [-0.05, 0) is 57.4 Å². The van der Waals surface area contributed by atoms with Gasteiger partial charge in [-0.3, -0.25) is 19.2 Å². The number of unbranched alkanes of at least 4 members (excludes halogenated alkanes) is 5. The summed E-state index contributed by atoms with van der Waals surface area (Å²) in [7, 11) is 1.18. The van der Waals surface area contributed by atoms with E-state index in [1.54, 1.807) is 33.8 Å². The summed E-state index contributed by atoms with van der Waals surface area (Å²) in [5, 5.41) is 15.0. The minimum atomic E-state index is -1.42. The zero-order valence-electron chi connectivity index (χ0n) is 25.1. The lowest BCUT2D eigenvalue weighted by Gasteiger charge is -2.34. The molecule has 0 spiro atoms. The lowest BCUT2D eigenvalue weighted by atomic mass is 9.99. The number of ether oxygens (including phenoxy) is 2. The van der Waals surface area contributed by atoms with Crippen molar-refractivity contribution in [2.24, 2.45) is 5.73 Å². The van der Waals surface area contributed by atoms with Crippen LogP contribution in [0.5, 0.6) is 5.75 Å². The van der Waals surface area contributed by atoms with E-state index in [1.807, 2.05) is 0 Å². The number of phenolic OH excluding ortho intramolecular Hbond substituents is 1. The van der Waals surface area contributed by atoms with Gasteiger partial charge in [0.25, 0.3) is 0 Å². The Hall–Kier alpha value is -3.83. The molecule has 0 saturated heterocycles. The smallest absolute Gasteiger partial charge is 0.408 e. The summed E-state index contributed by atoms with van der Waals surface area (Å²) in [6.07, 6.45) is 3.94. The number of nitrogens with two attached hydrogens (primary N) is 1. The molecule has 1 aromatic carbocycles. The third-order valence-electron chi connectivity index (χ3n) is 6.16. The van der Waals surface area contributed by atoms with Gasteiger partial charge in [0.1, 0.15) is 30.0 Å². The van der Waals surface area contributed by atoms with Crippen LogP contribution in [0, 0.1) is 6.92 Å². The summed E-state index contributed by atoms with van der Waals surface area (Å²) >= 11 is 0. The molecule has 12 heteroatoms. The average Bonchev–Trinajstić information content (AvgIpc) is 2.88. The molecule has 0 aliphatic heterocycles. The number of alkyl carbamates (subject to hydrolysis) is 1. The van der Waals surface area contributed by atoms with E-state index in [4.69, 9.17) is 10.5 Å². The fourth-order valence-corrected chi connectivity index (χ4v) is 4.13. The molecular weight excluding hydrogens is 532 g/mol. The summed E-state index contributed by atoms with van der Waals surface area (Å²) in [5.74, 6) is -2.95. The number of hydrogen-bond acceptors (Lipinski definition) is 8. The minimum absolute atomic E-state index is 0.00512. The second-order valence-corrected chi connectivity index (χ2v) is 10.9. The normalized spacial score (nSPS) is 12.5. The second-order valence-electron chi connectivity index (χ2n) is 10.9. The van der Waals surface area contributed by atoms with Crippen molar-refractivity contribution in [1.29, 1.82) is 0 Å². The Bertz CT molecular complexity index is 1050. The maximum absolute atomic E-state index is 14.0. The van der Waals surface area contributed by atoms with Crippen LogP contribution in [0.25, 0.3) is 0 Å². The van der Waals surface area contributed by atoms with Gasteiger partial charge >= 0.3 is 12.1 Å². The Morgan fingerprint density at radius 3 is 2.24 bits per heavy atom. The zero-order chi connectivity index (χ0) is 31.2. The Kier molecular flexibility index (Phi) is 14.7. The molecule has 5 N–H and O–H groups in total. The van der Waals surface area contributed by atoms with Gasteiger partial charge in [-0.1, -0.05) is 45.1 Å². The van der Waals surface area contributed by atoms with E-state index in [1.165, 1.54) is 24.1 Å². The van der Waals surface area contributed by atoms with Crippen molar-refractivity contribution >= 4 is 29.8 Å². The zero-order valence-corrected chi connectivity index (χ0v) is 25.1. The second kappa shape index (κ2) is 17.1. The van der Waals surface area contributed by atoms with Crippen molar-refractivity contribution in [2.75, 3.05) is 20.2 Å². The topological polar surface area (TPSA) is 177 Å². The number of primary amides is 1. The molecule has 2 unspecified atom stereocenters. The van der Waals surface area contributed by atoms with Crippen LogP contribution in [0.4, 0.5) is 4.79 Å². The molecule has 0 radical (unpaired) electrons. The van der Waals surface area contributed by atoms with Crippen molar-refractivity contribution in [3.05, 3.63) is 29.3 Å². The van der Waals surface area contributed by atoms with Crippen molar-refractivity contribution in [1.82, 2.24) is 15.5 Å². The van der Waals surface area contributed by atoms with E-state index >= 15 is 0 Å².